The SMILES string of the molecule is Cc1nnsc1Cn1cc(C(C)Cl)nn1. The Labute approximate surface area is 96.2 Å². The summed E-state index contributed by atoms with van der Waals surface area (Å²) in [5, 5.41) is 11.8. The van der Waals surface area contributed by atoms with Crippen LogP contribution in [0.4, 0.5) is 0 Å². The lowest BCUT2D eigenvalue weighted by Crippen LogP contribution is -1.99. The van der Waals surface area contributed by atoms with Crippen LogP contribution in [0.3, 0.4) is 0 Å². The fraction of sp³-hybridized carbons (Fsp3) is 0.500. The molecule has 15 heavy (non-hydrogen) atoms. The van der Waals surface area contributed by atoms with Gasteiger partial charge in [-0.25, -0.2) is 4.68 Å². The third kappa shape index (κ3) is 2.32. The van der Waals surface area contributed by atoms with E-state index in [1.54, 1.807) is 4.68 Å². The normalized spacial score (nSPS) is 13.0. The summed E-state index contributed by atoms with van der Waals surface area (Å²) in [6.07, 6.45) is 1.84. The molecule has 0 saturated heterocycles. The molecule has 0 radical (unpaired) electrons. The highest BCUT2D eigenvalue weighted by Gasteiger charge is 2.09. The van der Waals surface area contributed by atoms with Gasteiger partial charge in [0.1, 0.15) is 5.69 Å². The Kier molecular flexibility index (Phi) is 2.97. The van der Waals surface area contributed by atoms with Crippen molar-refractivity contribution in [1.82, 2.24) is 24.6 Å². The Morgan fingerprint density at radius 3 is 2.87 bits per heavy atom. The number of aromatic nitrogens is 5. The number of nitrogens with zero attached hydrogens (tertiary/aromatic N) is 5. The Hall–Kier alpha value is -1.01. The highest BCUT2D eigenvalue weighted by molar-refractivity contribution is 7.05. The first-order valence-corrected chi connectivity index (χ1v) is 5.69. The molecular formula is C8H10ClN5S. The highest BCUT2D eigenvalue weighted by atomic mass is 35.5. The smallest absolute Gasteiger partial charge is 0.100 e. The molecule has 0 saturated carbocycles. The molecule has 7 heteroatoms. The Bertz CT molecular complexity index is 449. The van der Waals surface area contributed by atoms with Crippen molar-refractivity contribution in [3.8, 4) is 0 Å². The van der Waals surface area contributed by atoms with Gasteiger partial charge in [-0.05, 0) is 25.4 Å². The van der Waals surface area contributed by atoms with Gasteiger partial charge in [-0.15, -0.1) is 21.8 Å². The lowest BCUT2D eigenvalue weighted by molar-refractivity contribution is 0.652. The molecule has 2 heterocycles. The Morgan fingerprint density at radius 1 is 1.53 bits per heavy atom. The molecule has 0 aliphatic rings. The Morgan fingerprint density at radius 2 is 2.33 bits per heavy atom. The van der Waals surface area contributed by atoms with Gasteiger partial charge in [-0.2, -0.15) is 0 Å². The van der Waals surface area contributed by atoms with Crippen LogP contribution >= 0.6 is 23.1 Å². The minimum absolute atomic E-state index is 0.112. The summed E-state index contributed by atoms with van der Waals surface area (Å²) in [6.45, 7) is 4.45. The van der Waals surface area contributed by atoms with E-state index in [1.807, 2.05) is 20.0 Å². The molecule has 5 nitrogen and oxygen atoms in total. The van der Waals surface area contributed by atoms with Gasteiger partial charge in [-0.1, -0.05) is 9.70 Å². The molecule has 2 rings (SSSR count). The molecular weight excluding hydrogens is 234 g/mol. The van der Waals surface area contributed by atoms with Crippen molar-refractivity contribution in [1.29, 1.82) is 0 Å². The maximum atomic E-state index is 5.89. The van der Waals surface area contributed by atoms with Crippen LogP contribution in [0, 0.1) is 6.92 Å². The fourth-order valence-corrected chi connectivity index (χ4v) is 1.84. The molecule has 0 aliphatic carbocycles. The summed E-state index contributed by atoms with van der Waals surface area (Å²) in [4.78, 5) is 1.09. The van der Waals surface area contributed by atoms with E-state index in [-0.39, 0.29) is 5.38 Å². The highest BCUT2D eigenvalue weighted by Crippen LogP contribution is 2.16. The largest absolute Gasteiger partial charge is 0.247 e. The van der Waals surface area contributed by atoms with Crippen LogP contribution in [0.25, 0.3) is 0 Å². The van der Waals surface area contributed by atoms with Gasteiger partial charge in [0.15, 0.2) is 0 Å². The van der Waals surface area contributed by atoms with Gasteiger partial charge in [0, 0.05) is 0 Å². The van der Waals surface area contributed by atoms with Gasteiger partial charge in [0.25, 0.3) is 0 Å². The van der Waals surface area contributed by atoms with Crippen LogP contribution in [-0.2, 0) is 6.54 Å². The van der Waals surface area contributed by atoms with Crippen molar-refractivity contribution in [2.75, 3.05) is 0 Å². The Balaban J connectivity index is 2.15. The topological polar surface area (TPSA) is 56.5 Å². The summed E-state index contributed by atoms with van der Waals surface area (Å²) in [5.74, 6) is 0. The molecule has 2 aromatic rings. The van der Waals surface area contributed by atoms with Crippen LogP contribution in [-0.4, -0.2) is 24.6 Å². The predicted octanol–water partition coefficient (Wildman–Crippen LogP) is 1.79. The monoisotopic (exact) mass is 243 g/mol. The van der Waals surface area contributed by atoms with E-state index in [0.29, 0.717) is 6.54 Å². The van der Waals surface area contributed by atoms with Crippen molar-refractivity contribution in [2.45, 2.75) is 25.8 Å². The second kappa shape index (κ2) is 4.24. The average molecular weight is 244 g/mol. The lowest BCUT2D eigenvalue weighted by Gasteiger charge is -1.96. The minimum atomic E-state index is -0.112. The van der Waals surface area contributed by atoms with E-state index in [9.17, 15) is 0 Å². The zero-order valence-electron chi connectivity index (χ0n) is 8.38. The molecule has 2 aromatic heterocycles. The molecule has 0 aliphatic heterocycles. The summed E-state index contributed by atoms with van der Waals surface area (Å²) in [6, 6.07) is 0. The first-order valence-electron chi connectivity index (χ1n) is 4.48. The first kappa shape index (κ1) is 10.5. The second-order valence-electron chi connectivity index (χ2n) is 3.24. The zero-order valence-corrected chi connectivity index (χ0v) is 9.96. The summed E-state index contributed by atoms with van der Waals surface area (Å²) in [5.41, 5.74) is 1.72. The fourth-order valence-electron chi connectivity index (χ4n) is 1.12. The molecule has 0 N–H and O–H groups in total. The molecule has 0 bridgehead atoms. The van der Waals surface area contributed by atoms with Gasteiger partial charge in [0.2, 0.25) is 0 Å². The number of alkyl halides is 1. The van der Waals surface area contributed by atoms with Crippen molar-refractivity contribution in [3.05, 3.63) is 22.5 Å². The minimum Gasteiger partial charge on any atom is -0.247 e. The summed E-state index contributed by atoms with van der Waals surface area (Å²) >= 11 is 7.27. The van der Waals surface area contributed by atoms with Crippen LogP contribution in [0.1, 0.15) is 28.6 Å². The van der Waals surface area contributed by atoms with E-state index in [2.05, 4.69) is 19.9 Å². The average Bonchev–Trinajstić information content (AvgIpc) is 2.77. The zero-order chi connectivity index (χ0) is 10.8. The third-order valence-electron chi connectivity index (χ3n) is 2.01. The maximum Gasteiger partial charge on any atom is 0.100 e. The third-order valence-corrected chi connectivity index (χ3v) is 3.05. The van der Waals surface area contributed by atoms with E-state index in [1.165, 1.54) is 11.5 Å². The molecule has 0 fully saturated rings. The van der Waals surface area contributed by atoms with E-state index < -0.39 is 0 Å². The van der Waals surface area contributed by atoms with Gasteiger partial charge < -0.3 is 0 Å². The van der Waals surface area contributed by atoms with Gasteiger partial charge in [-0.3, -0.25) is 0 Å². The number of aryl methyl sites for hydroxylation is 1. The lowest BCUT2D eigenvalue weighted by atomic mass is 10.3. The van der Waals surface area contributed by atoms with Crippen molar-refractivity contribution < 1.29 is 0 Å². The van der Waals surface area contributed by atoms with Gasteiger partial charge in [0.05, 0.1) is 28.7 Å². The van der Waals surface area contributed by atoms with Gasteiger partial charge >= 0.3 is 0 Å². The summed E-state index contributed by atoms with van der Waals surface area (Å²) in [7, 11) is 0. The molecule has 1 unspecified atom stereocenters. The number of hydrogen-bond donors (Lipinski definition) is 0. The number of rotatable bonds is 3. The van der Waals surface area contributed by atoms with Crippen LogP contribution in [0.5, 0.6) is 0 Å². The second-order valence-corrected chi connectivity index (χ2v) is 4.73. The number of hydrogen-bond acceptors (Lipinski definition) is 5. The number of halogens is 1. The van der Waals surface area contributed by atoms with Crippen molar-refractivity contribution >= 4 is 23.1 Å². The predicted molar refractivity (Wildman–Crippen MR) is 58.0 cm³/mol. The van der Waals surface area contributed by atoms with Crippen LogP contribution in [0.15, 0.2) is 6.20 Å². The van der Waals surface area contributed by atoms with E-state index >= 15 is 0 Å². The van der Waals surface area contributed by atoms with Crippen LogP contribution in [0.2, 0.25) is 0 Å². The van der Waals surface area contributed by atoms with E-state index in [0.717, 1.165) is 16.3 Å². The standard InChI is InChI=1S/C8H10ClN5S/c1-5(9)7-3-14(12-11-7)4-8-6(2)10-13-15-8/h3,5H,4H2,1-2H3. The van der Waals surface area contributed by atoms with Crippen molar-refractivity contribution in [3.63, 3.8) is 0 Å². The molecule has 0 spiro atoms. The van der Waals surface area contributed by atoms with Crippen molar-refractivity contribution in [2.24, 2.45) is 0 Å². The van der Waals surface area contributed by atoms with E-state index in [4.69, 9.17) is 11.6 Å². The molecule has 0 aromatic carbocycles. The quantitative estimate of drug-likeness (QED) is 0.772. The first-order chi connectivity index (χ1) is 7.16. The van der Waals surface area contributed by atoms with Crippen LogP contribution < -0.4 is 0 Å². The summed E-state index contributed by atoms with van der Waals surface area (Å²) < 4.78 is 5.61. The molecule has 1 atom stereocenters. The maximum absolute atomic E-state index is 5.89. The molecule has 80 valence electrons. The molecule has 0 amide bonds.